The number of benzene rings is 1. The number of imidazole rings is 1. The number of fused-ring (bicyclic) bond motifs is 2. The Morgan fingerprint density at radius 2 is 1.83 bits per heavy atom. The second-order valence-corrected chi connectivity index (χ2v) is 17.6. The maximum absolute atomic E-state index is 12.8. The van der Waals surface area contributed by atoms with Gasteiger partial charge < -0.3 is 15.0 Å². The normalized spacial score (nSPS) is 16.2. The number of hydrogen-bond donors (Lipinski definition) is 2. The molecule has 1 aliphatic heterocycles. The van der Waals surface area contributed by atoms with E-state index in [9.17, 15) is 4.79 Å². The van der Waals surface area contributed by atoms with E-state index in [1.807, 2.05) is 35.3 Å². The Bertz CT molecular complexity index is 2030. The molecule has 1 saturated carbocycles. The largest absolute Gasteiger partial charge is 0.356 e. The number of pyridine rings is 3. The number of nitrogens with one attached hydrogen (secondary N) is 2. The molecule has 1 atom stereocenters. The fourth-order valence-electron chi connectivity index (χ4n) is 5.79. The van der Waals surface area contributed by atoms with Crippen LogP contribution >= 0.6 is 45.2 Å². The Hall–Kier alpha value is -3.50. The van der Waals surface area contributed by atoms with Gasteiger partial charge in [-0.2, -0.15) is 5.10 Å². The zero-order chi connectivity index (χ0) is 33.0. The molecule has 1 aromatic carbocycles. The lowest BCUT2D eigenvalue weighted by Gasteiger charge is -2.23. The number of aromatic nitrogens is 7. The Labute approximate surface area is 306 Å². The van der Waals surface area contributed by atoms with Gasteiger partial charge in [-0.3, -0.25) is 19.7 Å². The quantitative estimate of drug-likeness (QED) is 0.116. The zero-order valence-electron chi connectivity index (χ0n) is 26.6. The summed E-state index contributed by atoms with van der Waals surface area (Å²) in [5, 5.41) is 9.07. The van der Waals surface area contributed by atoms with Crippen LogP contribution < -0.4 is 5.32 Å². The highest BCUT2D eigenvalue weighted by molar-refractivity contribution is 14.2. The summed E-state index contributed by atoms with van der Waals surface area (Å²) in [4.78, 5) is 34.4. The summed E-state index contributed by atoms with van der Waals surface area (Å²) in [6.07, 6.45) is 17.1. The first-order valence-corrected chi connectivity index (χ1v) is 18.9. The highest BCUT2D eigenvalue weighted by Crippen LogP contribution is 2.36. The average molecular weight is 867 g/mol. The third-order valence-corrected chi connectivity index (χ3v) is 10.4. The van der Waals surface area contributed by atoms with Gasteiger partial charge in [0.15, 0.2) is 12.1 Å². The number of carbonyl (C=O) groups is 1. The van der Waals surface area contributed by atoms with Crippen molar-refractivity contribution < 1.29 is 9.53 Å². The molecule has 1 aliphatic carbocycles. The minimum absolute atomic E-state index is 0.0920. The van der Waals surface area contributed by atoms with E-state index in [1.165, 1.54) is 19.3 Å². The molecule has 1 amide bonds. The number of halogens is 2. The molecule has 48 heavy (non-hydrogen) atoms. The van der Waals surface area contributed by atoms with Crippen molar-refractivity contribution in [2.45, 2.75) is 53.6 Å². The maximum Gasteiger partial charge on any atom is 0.252 e. The first-order chi connectivity index (χ1) is 23.5. The standard InChI is InChI=1S/C33H30N8O2.C3H6I2/c42-33(37-14-20-6-7-20)24-12-23(16-35-17-24)21-8-9-28-25(13-21)31(40-41(28)29-5-1-2-11-43-29)32-38-27-19-36-18-26(30(27)39-32)22-4-3-10-34-15-22;1-2-3(4)5/h3-4,8-10,12-13,15-20,29H,1-2,5-7,11,14H2,(H,37,42)(H,38,39);3H,2H2,1H3. The lowest BCUT2D eigenvalue weighted by atomic mass is 10.0. The topological polar surface area (TPSA) is 124 Å². The smallest absolute Gasteiger partial charge is 0.252 e. The van der Waals surface area contributed by atoms with E-state index in [-0.39, 0.29) is 12.1 Å². The monoisotopic (exact) mass is 866 g/mol. The SMILES string of the molecule is CCC(I)I.O=C(NCC1CC1)c1cncc(-c2ccc3c(c2)c(-c2nc4c(-c5cccnc5)cncc4[nH]2)nn3C2CCCCO2)c1. The number of carbonyl (C=O) groups excluding carboxylic acids is 1. The third kappa shape index (κ3) is 7.39. The number of ether oxygens (including phenoxy) is 1. The molecule has 5 aromatic heterocycles. The van der Waals surface area contributed by atoms with E-state index in [4.69, 9.17) is 14.8 Å². The van der Waals surface area contributed by atoms with Gasteiger partial charge in [0.25, 0.3) is 5.91 Å². The van der Waals surface area contributed by atoms with Crippen molar-refractivity contribution in [3.05, 3.63) is 79.1 Å². The van der Waals surface area contributed by atoms with Crippen LogP contribution in [0.25, 0.3) is 55.7 Å². The number of H-pyrrole nitrogens is 1. The average Bonchev–Trinajstić information content (AvgIpc) is 3.74. The first kappa shape index (κ1) is 33.0. The summed E-state index contributed by atoms with van der Waals surface area (Å²) in [5.41, 5.74) is 7.51. The fraction of sp³-hybridized carbons (Fsp3) is 0.333. The maximum atomic E-state index is 12.8. The molecule has 12 heteroatoms. The number of hydrogen-bond acceptors (Lipinski definition) is 7. The summed E-state index contributed by atoms with van der Waals surface area (Å²) in [6, 6.07) is 12.0. The number of alkyl halides is 2. The Balaban J connectivity index is 0.000000681. The minimum atomic E-state index is -0.145. The van der Waals surface area contributed by atoms with E-state index < -0.39 is 0 Å². The Kier molecular flexibility index (Phi) is 10.3. The van der Waals surface area contributed by atoms with Crippen molar-refractivity contribution >= 4 is 73.0 Å². The molecule has 2 aliphatic rings. The third-order valence-electron chi connectivity index (χ3n) is 8.62. The molecule has 0 spiro atoms. The van der Waals surface area contributed by atoms with E-state index in [0.29, 0.717) is 23.9 Å². The van der Waals surface area contributed by atoms with Crippen LogP contribution in [0.5, 0.6) is 0 Å². The molecule has 8 rings (SSSR count). The number of rotatable bonds is 8. The van der Waals surface area contributed by atoms with Gasteiger partial charge >= 0.3 is 0 Å². The van der Waals surface area contributed by atoms with Gasteiger partial charge in [0, 0.05) is 66.2 Å². The van der Waals surface area contributed by atoms with Gasteiger partial charge in [0.05, 0.1) is 24.7 Å². The van der Waals surface area contributed by atoms with Gasteiger partial charge in [0.1, 0.15) is 11.2 Å². The predicted molar refractivity (Wildman–Crippen MR) is 205 cm³/mol. The van der Waals surface area contributed by atoms with E-state index in [0.717, 1.165) is 77.6 Å². The Morgan fingerprint density at radius 1 is 1.00 bits per heavy atom. The van der Waals surface area contributed by atoms with E-state index >= 15 is 0 Å². The fourth-order valence-corrected chi connectivity index (χ4v) is 5.79. The van der Waals surface area contributed by atoms with Crippen molar-refractivity contribution in [1.29, 1.82) is 0 Å². The van der Waals surface area contributed by atoms with Crippen LogP contribution in [0.15, 0.2) is 73.6 Å². The zero-order valence-corrected chi connectivity index (χ0v) is 30.9. The van der Waals surface area contributed by atoms with Crippen molar-refractivity contribution in [3.8, 4) is 33.8 Å². The molecule has 0 bridgehead atoms. The first-order valence-electron chi connectivity index (χ1n) is 16.4. The second kappa shape index (κ2) is 14.9. The van der Waals surface area contributed by atoms with Gasteiger partial charge in [-0.15, -0.1) is 0 Å². The molecule has 6 aromatic rings. The Morgan fingerprint density at radius 3 is 2.58 bits per heavy atom. The lowest BCUT2D eigenvalue weighted by Crippen LogP contribution is -2.25. The van der Waals surface area contributed by atoms with E-state index in [2.05, 4.69) is 95.6 Å². The number of amides is 1. The molecular weight excluding hydrogens is 830 g/mol. The molecule has 1 saturated heterocycles. The summed E-state index contributed by atoms with van der Waals surface area (Å²) >= 11 is 4.79. The van der Waals surface area contributed by atoms with Crippen LogP contribution in [-0.4, -0.2) is 55.7 Å². The van der Waals surface area contributed by atoms with Gasteiger partial charge in [-0.1, -0.05) is 64.2 Å². The van der Waals surface area contributed by atoms with Crippen LogP contribution in [0.2, 0.25) is 0 Å². The highest BCUT2D eigenvalue weighted by atomic mass is 127. The number of nitrogens with zero attached hydrogens (tertiary/aromatic N) is 6. The van der Waals surface area contributed by atoms with Crippen molar-refractivity contribution in [1.82, 2.24) is 40.0 Å². The van der Waals surface area contributed by atoms with Crippen LogP contribution in [0.3, 0.4) is 0 Å². The molecule has 2 N–H and O–H groups in total. The van der Waals surface area contributed by atoms with Crippen molar-refractivity contribution in [2.75, 3.05) is 13.2 Å². The van der Waals surface area contributed by atoms with Crippen LogP contribution in [0.4, 0.5) is 0 Å². The predicted octanol–water partition coefficient (Wildman–Crippen LogP) is 8.53. The van der Waals surface area contributed by atoms with Gasteiger partial charge in [-0.25, -0.2) is 9.67 Å². The summed E-state index contributed by atoms with van der Waals surface area (Å²) in [5.74, 6) is 1.17. The second-order valence-electron chi connectivity index (χ2n) is 12.2. The summed E-state index contributed by atoms with van der Waals surface area (Å²) in [6.45, 7) is 3.62. The van der Waals surface area contributed by atoms with Crippen LogP contribution in [0.1, 0.15) is 62.0 Å². The number of aromatic amines is 1. The highest BCUT2D eigenvalue weighted by Gasteiger charge is 2.25. The van der Waals surface area contributed by atoms with Crippen LogP contribution in [0, 0.1) is 5.92 Å². The van der Waals surface area contributed by atoms with Gasteiger partial charge in [0.2, 0.25) is 0 Å². The van der Waals surface area contributed by atoms with Crippen molar-refractivity contribution in [2.24, 2.45) is 5.92 Å². The summed E-state index contributed by atoms with van der Waals surface area (Å²) < 4.78 is 8.97. The lowest BCUT2D eigenvalue weighted by molar-refractivity contribution is -0.0365. The summed E-state index contributed by atoms with van der Waals surface area (Å²) in [7, 11) is 0. The molecule has 2 fully saturated rings. The minimum Gasteiger partial charge on any atom is -0.356 e. The molecule has 246 valence electrons. The van der Waals surface area contributed by atoms with Crippen LogP contribution in [-0.2, 0) is 4.74 Å². The molecular formula is C36H36I2N8O2. The van der Waals surface area contributed by atoms with Crippen molar-refractivity contribution in [3.63, 3.8) is 0 Å². The molecule has 6 heterocycles. The molecule has 1 unspecified atom stereocenters. The van der Waals surface area contributed by atoms with Gasteiger partial charge in [-0.05, 0) is 74.3 Å². The van der Waals surface area contributed by atoms with E-state index in [1.54, 1.807) is 24.8 Å². The molecule has 10 nitrogen and oxygen atoms in total. The molecule has 0 radical (unpaired) electrons.